The molecule has 0 unspecified atom stereocenters. The number of nitro groups is 1. The molecule has 1 heterocycles. The second kappa shape index (κ2) is 6.01. The van der Waals surface area contributed by atoms with Crippen LogP contribution >= 0.6 is 0 Å². The third kappa shape index (κ3) is 3.29. The summed E-state index contributed by atoms with van der Waals surface area (Å²) >= 11 is 0. The zero-order valence-electron chi connectivity index (χ0n) is 8.20. The summed E-state index contributed by atoms with van der Waals surface area (Å²) in [6.45, 7) is 0.248. The maximum absolute atomic E-state index is 10.6. The van der Waals surface area contributed by atoms with E-state index in [1.54, 1.807) is 6.07 Å². The highest BCUT2D eigenvalue weighted by Gasteiger charge is 2.11. The molecule has 1 aromatic heterocycles. The molecule has 0 bridgehead atoms. The van der Waals surface area contributed by atoms with Crippen LogP contribution in [0.25, 0.3) is 10.4 Å². The van der Waals surface area contributed by atoms with Crippen LogP contribution in [-0.4, -0.2) is 16.5 Å². The molecule has 1 rings (SSSR count). The molecule has 80 valence electrons. The Morgan fingerprint density at radius 2 is 2.50 bits per heavy atom. The first-order chi connectivity index (χ1) is 7.75. The van der Waals surface area contributed by atoms with Gasteiger partial charge in [-0.05, 0) is 27.6 Å². The molecule has 0 amide bonds. The van der Waals surface area contributed by atoms with Crippen molar-refractivity contribution in [2.75, 3.05) is 6.54 Å². The van der Waals surface area contributed by atoms with Gasteiger partial charge >= 0.3 is 5.82 Å². The van der Waals surface area contributed by atoms with Crippen molar-refractivity contribution in [1.82, 2.24) is 4.98 Å². The average Bonchev–Trinajstić information content (AvgIpc) is 2.29. The third-order valence-corrected chi connectivity index (χ3v) is 1.58. The van der Waals surface area contributed by atoms with Gasteiger partial charge in [0.2, 0.25) is 0 Å². The summed E-state index contributed by atoms with van der Waals surface area (Å²) in [4.78, 5) is 16.2. The molecule has 7 nitrogen and oxygen atoms in total. The number of aromatic nitrogens is 1. The van der Waals surface area contributed by atoms with Crippen LogP contribution in [0.15, 0.2) is 23.4 Å². The highest BCUT2D eigenvalue weighted by atomic mass is 16.6. The molecule has 1 aromatic rings. The second-order valence-electron chi connectivity index (χ2n) is 2.64. The third-order valence-electron chi connectivity index (χ3n) is 1.58. The maximum atomic E-state index is 10.6. The Hall–Kier alpha value is -2.58. The predicted octanol–water partition coefficient (Wildman–Crippen LogP) is 2.04. The number of pyridine rings is 1. The Balaban J connectivity index is 2.80. The fourth-order valence-corrected chi connectivity index (χ4v) is 0.948. The van der Waals surface area contributed by atoms with Gasteiger partial charge in [0, 0.05) is 17.9 Å². The van der Waals surface area contributed by atoms with Gasteiger partial charge in [-0.2, -0.15) is 0 Å². The van der Waals surface area contributed by atoms with Crippen LogP contribution in [0.4, 0.5) is 5.82 Å². The molecule has 0 atom stereocenters. The molecule has 0 aliphatic heterocycles. The van der Waals surface area contributed by atoms with Crippen molar-refractivity contribution in [2.24, 2.45) is 5.11 Å². The van der Waals surface area contributed by atoms with Crippen LogP contribution in [0.3, 0.4) is 0 Å². The summed E-state index contributed by atoms with van der Waals surface area (Å²) in [6.07, 6.45) is 1.69. The first kappa shape index (κ1) is 11.5. The van der Waals surface area contributed by atoms with E-state index in [-0.39, 0.29) is 17.9 Å². The Morgan fingerprint density at radius 3 is 3.19 bits per heavy atom. The van der Waals surface area contributed by atoms with Crippen LogP contribution < -0.4 is 0 Å². The van der Waals surface area contributed by atoms with E-state index in [1.165, 1.54) is 12.3 Å². The quantitative estimate of drug-likeness (QED) is 0.147. The topological polar surface area (TPSA) is 105 Å². The van der Waals surface area contributed by atoms with Gasteiger partial charge in [-0.1, -0.05) is 17.0 Å². The van der Waals surface area contributed by atoms with Gasteiger partial charge in [0.05, 0.1) is 0 Å². The summed E-state index contributed by atoms with van der Waals surface area (Å²) < 4.78 is 0. The predicted molar refractivity (Wildman–Crippen MR) is 56.4 cm³/mol. The second-order valence-corrected chi connectivity index (χ2v) is 2.64. The SMILES string of the molecule is [N-]=[N+]=NCCC#Cc1cccnc1[N+](=O)[O-]. The molecule has 0 saturated heterocycles. The van der Waals surface area contributed by atoms with Gasteiger partial charge in [-0.3, -0.25) is 0 Å². The molecular formula is C9H7N5O2. The minimum atomic E-state index is -0.586. The lowest BCUT2D eigenvalue weighted by Gasteiger charge is -1.93. The molecule has 0 aliphatic carbocycles. The number of nitrogens with zero attached hydrogens (tertiary/aromatic N) is 5. The molecule has 0 radical (unpaired) electrons. The number of hydrogen-bond acceptors (Lipinski definition) is 4. The van der Waals surface area contributed by atoms with Gasteiger partial charge in [-0.25, -0.2) is 0 Å². The van der Waals surface area contributed by atoms with Gasteiger partial charge in [0.25, 0.3) is 0 Å². The largest absolute Gasteiger partial charge is 0.379 e. The van der Waals surface area contributed by atoms with Crippen molar-refractivity contribution in [3.63, 3.8) is 0 Å². The van der Waals surface area contributed by atoms with Gasteiger partial charge < -0.3 is 10.1 Å². The summed E-state index contributed by atoms with van der Waals surface area (Å²) in [5, 5.41) is 13.9. The molecule has 0 fully saturated rings. The number of rotatable bonds is 3. The van der Waals surface area contributed by atoms with E-state index in [0.29, 0.717) is 6.42 Å². The van der Waals surface area contributed by atoms with Crippen LogP contribution in [0, 0.1) is 22.0 Å². The lowest BCUT2D eigenvalue weighted by atomic mass is 10.2. The Kier molecular flexibility index (Phi) is 4.32. The standard InChI is InChI=1S/C9H7N5O2/c10-13-12-7-2-1-4-8-5-3-6-11-9(8)14(15)16/h3,5-6H,2,7H2. The summed E-state index contributed by atoms with van der Waals surface area (Å²) in [5.41, 5.74) is 8.27. The fraction of sp³-hybridized carbons (Fsp3) is 0.222. The summed E-state index contributed by atoms with van der Waals surface area (Å²) in [7, 11) is 0. The molecule has 0 aromatic carbocycles. The zero-order valence-corrected chi connectivity index (χ0v) is 8.20. The Morgan fingerprint density at radius 1 is 1.69 bits per heavy atom. The highest BCUT2D eigenvalue weighted by molar-refractivity contribution is 5.45. The van der Waals surface area contributed by atoms with Gasteiger partial charge in [0.1, 0.15) is 11.8 Å². The maximum Gasteiger partial charge on any atom is 0.379 e. The Labute approximate surface area is 90.9 Å². The van der Waals surface area contributed by atoms with E-state index in [2.05, 4.69) is 26.9 Å². The van der Waals surface area contributed by atoms with Crippen molar-refractivity contribution in [3.8, 4) is 11.8 Å². The minimum absolute atomic E-state index is 0.248. The molecule has 16 heavy (non-hydrogen) atoms. The molecule has 0 N–H and O–H groups in total. The normalized spacial score (nSPS) is 8.50. The van der Waals surface area contributed by atoms with Crippen molar-refractivity contribution in [3.05, 3.63) is 44.5 Å². The smallest absolute Gasteiger partial charge is 0.358 e. The lowest BCUT2D eigenvalue weighted by molar-refractivity contribution is -0.389. The number of azide groups is 1. The molecular weight excluding hydrogens is 210 g/mol. The van der Waals surface area contributed by atoms with E-state index >= 15 is 0 Å². The monoisotopic (exact) mass is 217 g/mol. The van der Waals surface area contributed by atoms with Crippen LogP contribution in [0.2, 0.25) is 0 Å². The van der Waals surface area contributed by atoms with E-state index in [1.807, 2.05) is 0 Å². The van der Waals surface area contributed by atoms with Crippen molar-refractivity contribution < 1.29 is 4.92 Å². The molecule has 0 spiro atoms. The van der Waals surface area contributed by atoms with E-state index < -0.39 is 4.92 Å². The van der Waals surface area contributed by atoms with Crippen molar-refractivity contribution in [1.29, 1.82) is 0 Å². The van der Waals surface area contributed by atoms with Crippen molar-refractivity contribution >= 4 is 5.82 Å². The lowest BCUT2D eigenvalue weighted by Crippen LogP contribution is -1.94. The molecule has 0 aliphatic rings. The summed E-state index contributed by atoms with van der Waals surface area (Å²) in [6, 6.07) is 3.09. The van der Waals surface area contributed by atoms with Crippen LogP contribution in [0.1, 0.15) is 12.0 Å². The van der Waals surface area contributed by atoms with E-state index in [9.17, 15) is 10.1 Å². The van der Waals surface area contributed by atoms with E-state index in [0.717, 1.165) is 0 Å². The Bertz CT molecular complexity index is 496. The minimum Gasteiger partial charge on any atom is -0.358 e. The van der Waals surface area contributed by atoms with Crippen LogP contribution in [0.5, 0.6) is 0 Å². The molecule has 7 heteroatoms. The first-order valence-electron chi connectivity index (χ1n) is 4.35. The van der Waals surface area contributed by atoms with Gasteiger partial charge in [-0.15, -0.1) is 0 Å². The fourth-order valence-electron chi connectivity index (χ4n) is 0.948. The summed E-state index contributed by atoms with van der Waals surface area (Å²) in [5.74, 6) is 5.02. The van der Waals surface area contributed by atoms with Gasteiger partial charge in [0.15, 0.2) is 0 Å². The highest BCUT2D eigenvalue weighted by Crippen LogP contribution is 2.11. The molecule has 0 saturated carbocycles. The number of hydrogen-bond donors (Lipinski definition) is 0. The van der Waals surface area contributed by atoms with E-state index in [4.69, 9.17) is 5.53 Å². The first-order valence-corrected chi connectivity index (χ1v) is 4.35. The zero-order chi connectivity index (χ0) is 11.8. The average molecular weight is 217 g/mol. The van der Waals surface area contributed by atoms with Crippen LogP contribution in [-0.2, 0) is 0 Å². The van der Waals surface area contributed by atoms with Crippen molar-refractivity contribution in [2.45, 2.75) is 6.42 Å².